The Morgan fingerprint density at radius 1 is 0.776 bits per heavy atom. The molecule has 0 fully saturated rings. The first-order valence-electron chi connectivity index (χ1n) is 18.2. The summed E-state index contributed by atoms with van der Waals surface area (Å²) in [5, 5.41) is 11.6. The third kappa shape index (κ3) is 7.21. The highest BCUT2D eigenvalue weighted by atomic mass is 127. The fourth-order valence-corrected chi connectivity index (χ4v) is 7.71. The second kappa shape index (κ2) is 16.1. The van der Waals surface area contributed by atoms with Crippen LogP contribution < -0.4 is 23.8 Å². The van der Waals surface area contributed by atoms with E-state index in [1.165, 1.54) is 78.5 Å². The molecule has 13 nitrogen and oxygen atoms in total. The maximum atomic E-state index is 14.0. The number of aliphatic imine (C=N–C) groups is 1. The molecule has 0 aromatic heterocycles. The van der Waals surface area contributed by atoms with Crippen molar-refractivity contribution >= 4 is 69.6 Å². The lowest BCUT2D eigenvalue weighted by Gasteiger charge is -2.31. The minimum absolute atomic E-state index is 0.0600. The van der Waals surface area contributed by atoms with Crippen molar-refractivity contribution in [3.8, 4) is 23.0 Å². The molecule has 4 aliphatic rings. The van der Waals surface area contributed by atoms with E-state index in [0.717, 1.165) is 16.0 Å². The first-order chi connectivity index (χ1) is 28.1. The first kappa shape index (κ1) is 38.8. The van der Waals surface area contributed by atoms with Crippen LogP contribution in [0, 0.1) is 11.6 Å². The number of halogens is 3. The second-order valence-electron chi connectivity index (χ2n) is 13.8. The Labute approximate surface area is 345 Å². The largest absolute Gasteiger partial charge is 0.493 e. The first-order valence-corrected chi connectivity index (χ1v) is 19.1. The van der Waals surface area contributed by atoms with Crippen LogP contribution in [0.25, 0.3) is 11.1 Å². The number of methoxy groups -OCH3 is 2. The molecule has 0 saturated heterocycles. The Morgan fingerprint density at radius 2 is 1.33 bits per heavy atom. The number of carbonyl (C=O) groups excluding carboxylic acids is 3. The summed E-state index contributed by atoms with van der Waals surface area (Å²) in [6.45, 7) is 0.284. The molecule has 8 rings (SSSR count). The van der Waals surface area contributed by atoms with Crippen LogP contribution in [-0.2, 0) is 3.07 Å². The van der Waals surface area contributed by atoms with Crippen molar-refractivity contribution in [3.63, 3.8) is 0 Å². The number of fused-ring (bicyclic) bond motifs is 4. The molecular formula is C42H35F2IN4O9. The van der Waals surface area contributed by atoms with E-state index >= 15 is 0 Å². The van der Waals surface area contributed by atoms with Gasteiger partial charge in [-0.3, -0.25) is 14.6 Å². The van der Waals surface area contributed by atoms with Crippen molar-refractivity contribution in [2.24, 2.45) is 4.99 Å². The van der Waals surface area contributed by atoms with Gasteiger partial charge in [0, 0.05) is 43.6 Å². The van der Waals surface area contributed by atoms with Crippen molar-refractivity contribution in [3.05, 3.63) is 119 Å². The van der Waals surface area contributed by atoms with Crippen molar-refractivity contribution in [2.75, 3.05) is 32.3 Å². The number of ether oxygens (including phenoxy) is 4. The molecule has 4 heterocycles. The van der Waals surface area contributed by atoms with Gasteiger partial charge in [-0.15, -0.1) is 0 Å². The van der Waals surface area contributed by atoms with Crippen LogP contribution in [0.15, 0.2) is 90.2 Å². The summed E-state index contributed by atoms with van der Waals surface area (Å²) in [6.07, 6.45) is 3.74. The average molecular weight is 905 g/mol. The molecule has 3 amide bonds. The molecule has 0 aliphatic carbocycles. The zero-order valence-electron chi connectivity index (χ0n) is 31.1. The van der Waals surface area contributed by atoms with Crippen molar-refractivity contribution in [2.45, 2.75) is 37.6 Å². The number of aliphatic hydroxyl groups is 1. The highest BCUT2D eigenvalue weighted by Gasteiger charge is 2.46. The molecule has 298 valence electrons. The van der Waals surface area contributed by atoms with Gasteiger partial charge in [-0.25, -0.2) is 18.5 Å². The topological polar surface area (TPSA) is 140 Å². The van der Waals surface area contributed by atoms with Crippen LogP contribution in [0.4, 0.5) is 25.0 Å². The molecule has 0 radical (unpaired) electrons. The van der Waals surface area contributed by atoms with Gasteiger partial charge in [-0.2, -0.15) is 0 Å². The van der Waals surface area contributed by atoms with E-state index < -0.39 is 30.1 Å². The molecule has 0 spiro atoms. The van der Waals surface area contributed by atoms with Crippen LogP contribution in [-0.4, -0.2) is 84.8 Å². The van der Waals surface area contributed by atoms with Crippen LogP contribution >= 0.6 is 23.0 Å². The Hall–Kier alpha value is -6.01. The Balaban J connectivity index is 0.967. The number of carbonyl (C=O) groups is 3. The number of aliphatic hydroxyl groups excluding tert-OH is 1. The van der Waals surface area contributed by atoms with E-state index in [4.69, 9.17) is 22.0 Å². The van der Waals surface area contributed by atoms with Crippen molar-refractivity contribution < 1.29 is 50.3 Å². The summed E-state index contributed by atoms with van der Waals surface area (Å²) >= 11 is 1.42. The van der Waals surface area contributed by atoms with E-state index in [2.05, 4.69) is 4.99 Å². The summed E-state index contributed by atoms with van der Waals surface area (Å²) in [6, 6.07) is 16.9. The van der Waals surface area contributed by atoms with Gasteiger partial charge in [0.1, 0.15) is 11.6 Å². The van der Waals surface area contributed by atoms with Gasteiger partial charge >= 0.3 is 6.09 Å². The lowest BCUT2D eigenvalue weighted by atomic mass is 10.0. The minimum atomic E-state index is -1.51. The SMILES string of the molecule is COc1cc2c(cc1OCCCOc1cc3c(cc1OC)C(=O)N1C=C(c4ccc(F)cc4)C[C@H]1[C@H](O)N3C(=O)OI)N=C[C@@H]1CC(c3ccc(F)cc3)=CN1C2=O. The molecule has 58 heavy (non-hydrogen) atoms. The maximum Gasteiger partial charge on any atom is 0.426 e. The zero-order valence-corrected chi connectivity index (χ0v) is 33.2. The van der Waals surface area contributed by atoms with Gasteiger partial charge in [0.25, 0.3) is 11.8 Å². The van der Waals surface area contributed by atoms with E-state index in [1.807, 2.05) is 0 Å². The molecule has 0 saturated carbocycles. The highest BCUT2D eigenvalue weighted by Crippen LogP contribution is 2.44. The minimum Gasteiger partial charge on any atom is -0.493 e. The molecule has 4 aromatic carbocycles. The van der Waals surface area contributed by atoms with Gasteiger partial charge in [0.2, 0.25) is 0 Å². The van der Waals surface area contributed by atoms with Crippen LogP contribution in [0.3, 0.4) is 0 Å². The number of rotatable bonds is 10. The highest BCUT2D eigenvalue weighted by molar-refractivity contribution is 14.1. The summed E-state index contributed by atoms with van der Waals surface area (Å²) in [5.74, 6) is -0.379. The quantitative estimate of drug-likeness (QED) is 0.125. The zero-order chi connectivity index (χ0) is 40.7. The molecule has 3 atom stereocenters. The average Bonchev–Trinajstić information content (AvgIpc) is 3.84. The number of anilines is 1. The standard InChI is InChI=1S/C42H35F2IN4O9/c1-54-35-16-30-32(46-20-29-14-25(21-47(29)39(30)50)23-4-8-27(43)9-5-23)18-37(35)56-12-3-13-57-38-19-33-31(17-36(38)55-2)40(51)48-22-26(24-6-10-28(44)11-7-24)15-34(48)41(52)49(33)42(53)58-45/h4-11,16-22,29,34,41,52H,3,12-15H2,1-2H3/t29-,34-,41-/m0/s1. The molecule has 16 heteroatoms. The number of nitrogens with zero attached hydrogens (tertiary/aromatic N) is 4. The van der Waals surface area contributed by atoms with Crippen LogP contribution in [0.5, 0.6) is 23.0 Å². The van der Waals surface area contributed by atoms with Gasteiger partial charge in [-0.1, -0.05) is 24.3 Å². The van der Waals surface area contributed by atoms with E-state index in [0.29, 0.717) is 46.7 Å². The van der Waals surface area contributed by atoms with E-state index in [1.54, 1.807) is 59.9 Å². The predicted molar refractivity (Wildman–Crippen MR) is 217 cm³/mol. The number of amides is 3. The van der Waals surface area contributed by atoms with Crippen LogP contribution in [0.2, 0.25) is 0 Å². The molecule has 0 bridgehead atoms. The molecule has 4 aromatic rings. The van der Waals surface area contributed by atoms with E-state index in [-0.39, 0.29) is 60.2 Å². The maximum absolute atomic E-state index is 14.0. The van der Waals surface area contributed by atoms with E-state index in [9.17, 15) is 28.3 Å². The van der Waals surface area contributed by atoms with Gasteiger partial charge in [0.05, 0.1) is 62.0 Å². The normalized spacial score (nSPS) is 19.3. The van der Waals surface area contributed by atoms with Gasteiger partial charge in [0.15, 0.2) is 52.2 Å². The number of hydrogen-bond acceptors (Lipinski definition) is 10. The smallest absolute Gasteiger partial charge is 0.426 e. The molecule has 4 aliphatic heterocycles. The fraction of sp³-hybridized carbons (Fsp3) is 0.238. The Kier molecular flexibility index (Phi) is 10.8. The number of benzene rings is 4. The lowest BCUT2D eigenvalue weighted by Crippen LogP contribution is -2.50. The summed E-state index contributed by atoms with van der Waals surface area (Å²) in [4.78, 5) is 49.5. The summed E-state index contributed by atoms with van der Waals surface area (Å²) in [7, 11) is 2.89. The summed E-state index contributed by atoms with van der Waals surface area (Å²) < 4.78 is 55.5. The molecular weight excluding hydrogens is 869 g/mol. The van der Waals surface area contributed by atoms with Crippen molar-refractivity contribution in [1.29, 1.82) is 0 Å². The summed E-state index contributed by atoms with van der Waals surface area (Å²) in [5.41, 5.74) is 3.96. The molecule has 1 N–H and O–H groups in total. The number of hydrogen-bond donors (Lipinski definition) is 1. The Bertz CT molecular complexity index is 2390. The van der Waals surface area contributed by atoms with Gasteiger partial charge in [-0.05, 0) is 65.1 Å². The van der Waals surface area contributed by atoms with Crippen molar-refractivity contribution in [1.82, 2.24) is 9.80 Å². The monoisotopic (exact) mass is 904 g/mol. The third-order valence-corrected chi connectivity index (χ3v) is 10.8. The predicted octanol–water partition coefficient (Wildman–Crippen LogP) is 7.68. The van der Waals surface area contributed by atoms with Gasteiger partial charge < -0.3 is 36.9 Å². The second-order valence-corrected chi connectivity index (χ2v) is 14.2. The Morgan fingerprint density at radius 3 is 1.93 bits per heavy atom. The molecule has 0 unspecified atom stereocenters. The van der Waals surface area contributed by atoms with Crippen LogP contribution in [0.1, 0.15) is 51.1 Å². The lowest BCUT2D eigenvalue weighted by molar-refractivity contribution is 0.0584. The fourth-order valence-electron chi connectivity index (χ4n) is 7.50. The third-order valence-electron chi connectivity index (χ3n) is 10.4.